The zero-order valence-electron chi connectivity index (χ0n) is 13.9. The number of benzene rings is 2. The molecule has 2 aromatic carbocycles. The fourth-order valence-electron chi connectivity index (χ4n) is 2.94. The Morgan fingerprint density at radius 3 is 2.33 bits per heavy atom. The van der Waals surface area contributed by atoms with Gasteiger partial charge in [-0.05, 0) is 54.3 Å². The molecule has 1 atom stereocenters. The summed E-state index contributed by atoms with van der Waals surface area (Å²) in [5.41, 5.74) is 8.68. The van der Waals surface area contributed by atoms with E-state index in [2.05, 4.69) is 5.32 Å². The van der Waals surface area contributed by atoms with E-state index in [1.54, 1.807) is 7.11 Å². The molecule has 1 aliphatic rings. The smallest absolute Gasteiger partial charge is 0.321 e. The molecule has 5 heteroatoms. The molecule has 0 radical (unpaired) electrons. The summed E-state index contributed by atoms with van der Waals surface area (Å²) < 4.78 is 5.17. The Morgan fingerprint density at radius 1 is 1.17 bits per heavy atom. The van der Waals surface area contributed by atoms with E-state index in [9.17, 15) is 4.79 Å². The third-order valence-corrected chi connectivity index (χ3v) is 4.47. The Balaban J connectivity index is 1.63. The predicted molar refractivity (Wildman–Crippen MR) is 96.2 cm³/mol. The number of carbonyl (C=O) groups is 1. The lowest BCUT2D eigenvalue weighted by Gasteiger charge is -2.17. The van der Waals surface area contributed by atoms with Gasteiger partial charge in [-0.1, -0.05) is 24.3 Å². The lowest BCUT2D eigenvalue weighted by molar-refractivity contribution is 0.221. The standard InChI is InChI=1S/C19H23N3O2/c1-24-18-8-4-16(5-9-18)15-2-6-17(7-3-15)21-19(23)22-11-10-14(12-20)13-22/h2-9,14H,10-13,20H2,1H3,(H,21,23). The Bertz CT molecular complexity index is 683. The van der Waals surface area contributed by atoms with Crippen LogP contribution in [0, 0.1) is 5.92 Å². The van der Waals surface area contributed by atoms with Crippen molar-refractivity contribution in [3.63, 3.8) is 0 Å². The molecular formula is C19H23N3O2. The van der Waals surface area contributed by atoms with E-state index in [1.165, 1.54) is 0 Å². The first-order chi connectivity index (χ1) is 11.7. The number of likely N-dealkylation sites (tertiary alicyclic amines) is 1. The fraction of sp³-hybridized carbons (Fsp3) is 0.316. The number of hydrogen-bond donors (Lipinski definition) is 2. The maximum atomic E-state index is 12.3. The Kier molecular flexibility index (Phi) is 5.01. The van der Waals surface area contributed by atoms with Crippen LogP contribution in [0.15, 0.2) is 48.5 Å². The average Bonchev–Trinajstić information content (AvgIpc) is 3.12. The SMILES string of the molecule is COc1ccc(-c2ccc(NC(=O)N3CCC(CN)C3)cc2)cc1. The van der Waals surface area contributed by atoms with E-state index in [1.807, 2.05) is 53.4 Å². The molecule has 3 N–H and O–H groups in total. The number of urea groups is 1. The first kappa shape index (κ1) is 16.3. The molecule has 1 aliphatic heterocycles. The molecule has 5 nitrogen and oxygen atoms in total. The van der Waals surface area contributed by atoms with E-state index in [0.29, 0.717) is 12.5 Å². The summed E-state index contributed by atoms with van der Waals surface area (Å²) in [4.78, 5) is 14.1. The summed E-state index contributed by atoms with van der Waals surface area (Å²) in [5, 5.41) is 2.95. The van der Waals surface area contributed by atoms with Crippen molar-refractivity contribution in [2.24, 2.45) is 11.7 Å². The zero-order chi connectivity index (χ0) is 16.9. The quantitative estimate of drug-likeness (QED) is 0.907. The molecule has 0 aromatic heterocycles. The summed E-state index contributed by atoms with van der Waals surface area (Å²) in [6, 6.07) is 15.7. The highest BCUT2D eigenvalue weighted by Gasteiger charge is 2.25. The van der Waals surface area contributed by atoms with Crippen LogP contribution < -0.4 is 15.8 Å². The molecule has 1 heterocycles. The van der Waals surface area contributed by atoms with Crippen molar-refractivity contribution in [2.75, 3.05) is 32.1 Å². The topological polar surface area (TPSA) is 67.6 Å². The van der Waals surface area contributed by atoms with E-state index in [-0.39, 0.29) is 6.03 Å². The number of hydrogen-bond acceptors (Lipinski definition) is 3. The number of anilines is 1. The number of ether oxygens (including phenoxy) is 1. The Hall–Kier alpha value is -2.53. The van der Waals surface area contributed by atoms with Gasteiger partial charge in [0.1, 0.15) is 5.75 Å². The average molecular weight is 325 g/mol. The minimum absolute atomic E-state index is 0.0526. The normalized spacial score (nSPS) is 16.9. The second-order valence-electron chi connectivity index (χ2n) is 6.07. The second-order valence-corrected chi connectivity index (χ2v) is 6.07. The zero-order valence-corrected chi connectivity index (χ0v) is 13.9. The van der Waals surface area contributed by atoms with Gasteiger partial charge in [-0.25, -0.2) is 4.79 Å². The number of rotatable bonds is 4. The van der Waals surface area contributed by atoms with Crippen LogP contribution in [0.25, 0.3) is 11.1 Å². The van der Waals surface area contributed by atoms with E-state index < -0.39 is 0 Å². The van der Waals surface area contributed by atoms with Crippen molar-refractivity contribution >= 4 is 11.7 Å². The highest BCUT2D eigenvalue weighted by molar-refractivity contribution is 5.89. The van der Waals surface area contributed by atoms with E-state index >= 15 is 0 Å². The Morgan fingerprint density at radius 2 is 1.79 bits per heavy atom. The van der Waals surface area contributed by atoms with Crippen molar-refractivity contribution in [3.05, 3.63) is 48.5 Å². The molecule has 126 valence electrons. The van der Waals surface area contributed by atoms with Gasteiger partial charge in [-0.3, -0.25) is 0 Å². The molecule has 2 aromatic rings. The lowest BCUT2D eigenvalue weighted by atomic mass is 10.1. The maximum absolute atomic E-state index is 12.3. The molecule has 1 unspecified atom stereocenters. The highest BCUT2D eigenvalue weighted by atomic mass is 16.5. The summed E-state index contributed by atoms with van der Waals surface area (Å²) in [6.07, 6.45) is 0.986. The van der Waals surface area contributed by atoms with E-state index in [4.69, 9.17) is 10.5 Å². The van der Waals surface area contributed by atoms with Crippen LogP contribution in [0.3, 0.4) is 0 Å². The molecule has 0 bridgehead atoms. The molecular weight excluding hydrogens is 302 g/mol. The third kappa shape index (κ3) is 3.68. The minimum atomic E-state index is -0.0526. The number of carbonyl (C=O) groups excluding carboxylic acids is 1. The summed E-state index contributed by atoms with van der Waals surface area (Å²) in [6.45, 7) is 2.16. The first-order valence-corrected chi connectivity index (χ1v) is 8.20. The molecule has 2 amide bonds. The van der Waals surface area contributed by atoms with Gasteiger partial charge in [0.05, 0.1) is 7.11 Å². The van der Waals surface area contributed by atoms with Gasteiger partial charge >= 0.3 is 6.03 Å². The van der Waals surface area contributed by atoms with Gasteiger partial charge in [0, 0.05) is 18.8 Å². The summed E-state index contributed by atoms with van der Waals surface area (Å²) in [7, 11) is 1.66. The van der Waals surface area contributed by atoms with Gasteiger partial charge in [0.25, 0.3) is 0 Å². The van der Waals surface area contributed by atoms with Crippen molar-refractivity contribution in [1.29, 1.82) is 0 Å². The van der Waals surface area contributed by atoms with Crippen LogP contribution in [0.4, 0.5) is 10.5 Å². The monoisotopic (exact) mass is 325 g/mol. The highest BCUT2D eigenvalue weighted by Crippen LogP contribution is 2.24. The van der Waals surface area contributed by atoms with Gasteiger partial charge in [-0.2, -0.15) is 0 Å². The van der Waals surface area contributed by atoms with Gasteiger partial charge in [-0.15, -0.1) is 0 Å². The fourth-order valence-corrected chi connectivity index (χ4v) is 2.94. The largest absolute Gasteiger partial charge is 0.497 e. The van der Waals surface area contributed by atoms with Gasteiger partial charge in [0.2, 0.25) is 0 Å². The van der Waals surface area contributed by atoms with Crippen molar-refractivity contribution in [1.82, 2.24) is 4.90 Å². The van der Waals surface area contributed by atoms with Crippen LogP contribution in [-0.2, 0) is 0 Å². The molecule has 24 heavy (non-hydrogen) atoms. The predicted octanol–water partition coefficient (Wildman–Crippen LogP) is 3.17. The number of nitrogens with zero attached hydrogens (tertiary/aromatic N) is 1. The van der Waals surface area contributed by atoms with Crippen LogP contribution >= 0.6 is 0 Å². The van der Waals surface area contributed by atoms with Crippen molar-refractivity contribution in [3.8, 4) is 16.9 Å². The van der Waals surface area contributed by atoms with Crippen LogP contribution in [0.5, 0.6) is 5.75 Å². The third-order valence-electron chi connectivity index (χ3n) is 4.47. The lowest BCUT2D eigenvalue weighted by Crippen LogP contribution is -2.33. The number of nitrogens with one attached hydrogen (secondary N) is 1. The van der Waals surface area contributed by atoms with Crippen molar-refractivity contribution in [2.45, 2.75) is 6.42 Å². The Labute approximate surface area is 142 Å². The van der Waals surface area contributed by atoms with Crippen LogP contribution in [0.2, 0.25) is 0 Å². The van der Waals surface area contributed by atoms with Crippen LogP contribution in [0.1, 0.15) is 6.42 Å². The summed E-state index contributed by atoms with van der Waals surface area (Å²) >= 11 is 0. The molecule has 0 saturated carbocycles. The molecule has 0 spiro atoms. The van der Waals surface area contributed by atoms with Crippen LogP contribution in [-0.4, -0.2) is 37.7 Å². The maximum Gasteiger partial charge on any atom is 0.321 e. The van der Waals surface area contributed by atoms with Gasteiger partial charge < -0.3 is 20.7 Å². The minimum Gasteiger partial charge on any atom is -0.497 e. The number of methoxy groups -OCH3 is 1. The second kappa shape index (κ2) is 7.36. The summed E-state index contributed by atoms with van der Waals surface area (Å²) in [5.74, 6) is 1.26. The first-order valence-electron chi connectivity index (χ1n) is 8.20. The molecule has 1 fully saturated rings. The van der Waals surface area contributed by atoms with Gasteiger partial charge in [0.15, 0.2) is 0 Å². The number of amides is 2. The van der Waals surface area contributed by atoms with Crippen molar-refractivity contribution < 1.29 is 9.53 Å². The van der Waals surface area contributed by atoms with E-state index in [0.717, 1.165) is 42.1 Å². The number of nitrogens with two attached hydrogens (primary N) is 1. The molecule has 3 rings (SSSR count). The molecule has 0 aliphatic carbocycles. The molecule has 1 saturated heterocycles.